The first-order chi connectivity index (χ1) is 15.3. The largest absolute Gasteiger partial charge is 0.328 e. The molecule has 0 saturated carbocycles. The predicted molar refractivity (Wildman–Crippen MR) is 120 cm³/mol. The van der Waals surface area contributed by atoms with Gasteiger partial charge < -0.3 is 10.6 Å². The molecule has 2 amide bonds. The molecule has 3 aliphatic rings. The zero-order valence-electron chi connectivity index (χ0n) is 16.1. The summed E-state index contributed by atoms with van der Waals surface area (Å²) in [6, 6.07) is 14.8. The fraction of sp³-hybridized carbons (Fsp3) is 0. The third kappa shape index (κ3) is 3.23. The smallest absolute Gasteiger partial charge is 0.239 e. The minimum absolute atomic E-state index is 0.428. The summed E-state index contributed by atoms with van der Waals surface area (Å²) in [7, 11) is 0. The molecule has 3 aliphatic heterocycles. The van der Waals surface area contributed by atoms with Gasteiger partial charge in [-0.1, -0.05) is 36.4 Å². The second-order valence-corrected chi connectivity index (χ2v) is 6.63. The number of benzene rings is 2. The highest BCUT2D eigenvalue weighted by atomic mass is 16.1. The molecule has 31 heavy (non-hydrogen) atoms. The third-order valence-corrected chi connectivity index (χ3v) is 4.85. The number of carbonyl (C=O) groups excluding carboxylic acids is 2. The van der Waals surface area contributed by atoms with Crippen LogP contribution in [0.15, 0.2) is 86.3 Å². The summed E-state index contributed by atoms with van der Waals surface area (Å²) in [5, 5.41) is 5.41. The van der Waals surface area contributed by atoms with E-state index in [1.54, 1.807) is 17.0 Å². The van der Waals surface area contributed by atoms with Crippen molar-refractivity contribution in [2.75, 3.05) is 10.6 Å². The monoisotopic (exact) mass is 409 g/mol. The van der Waals surface area contributed by atoms with Crippen molar-refractivity contribution in [3.05, 3.63) is 77.5 Å². The Kier molecular flexibility index (Phi) is 4.53. The SMILES string of the molecule is O=CNc1ccccc1C1=CC2=CC(c3ccccc3NC=O)=NC3=NC=NC(=N1)N23. The summed E-state index contributed by atoms with van der Waals surface area (Å²) in [5.74, 6) is 0.855. The fourth-order valence-electron chi connectivity index (χ4n) is 3.52. The van der Waals surface area contributed by atoms with Crippen LogP contribution in [0.25, 0.3) is 5.70 Å². The van der Waals surface area contributed by atoms with Gasteiger partial charge in [0.15, 0.2) is 0 Å². The first-order valence-corrected chi connectivity index (χ1v) is 9.39. The number of allylic oxidation sites excluding steroid dienone is 2. The van der Waals surface area contributed by atoms with E-state index >= 15 is 0 Å². The molecule has 0 bridgehead atoms. The summed E-state index contributed by atoms with van der Waals surface area (Å²) in [5.41, 5.74) is 4.84. The second-order valence-electron chi connectivity index (χ2n) is 6.63. The number of nitrogens with zero attached hydrogens (tertiary/aromatic N) is 5. The van der Waals surface area contributed by atoms with E-state index in [0.717, 1.165) is 16.8 Å². The fourth-order valence-corrected chi connectivity index (χ4v) is 3.52. The van der Waals surface area contributed by atoms with Crippen molar-refractivity contribution in [2.45, 2.75) is 0 Å². The highest BCUT2D eigenvalue weighted by Crippen LogP contribution is 2.33. The number of amides is 2. The molecule has 2 N–H and O–H groups in total. The minimum atomic E-state index is 0.428. The van der Waals surface area contributed by atoms with E-state index < -0.39 is 0 Å². The molecule has 0 aromatic heterocycles. The molecule has 2 aromatic carbocycles. The predicted octanol–water partition coefficient (Wildman–Crippen LogP) is 2.62. The first kappa shape index (κ1) is 18.4. The molecule has 150 valence electrons. The average Bonchev–Trinajstić information content (AvgIpc) is 2.80. The molecule has 0 radical (unpaired) electrons. The van der Waals surface area contributed by atoms with Gasteiger partial charge in [0.05, 0.1) is 17.1 Å². The zero-order valence-corrected chi connectivity index (χ0v) is 16.1. The number of carbonyl (C=O) groups is 2. The summed E-state index contributed by atoms with van der Waals surface area (Å²) in [6.45, 7) is 0. The molecule has 2 aromatic rings. The number of hydrogen-bond acceptors (Lipinski definition) is 7. The average molecular weight is 409 g/mol. The molecule has 0 fully saturated rings. The Morgan fingerprint density at radius 3 is 2.19 bits per heavy atom. The van der Waals surface area contributed by atoms with Crippen molar-refractivity contribution >= 4 is 53.9 Å². The van der Waals surface area contributed by atoms with E-state index in [-0.39, 0.29) is 0 Å². The van der Waals surface area contributed by atoms with Crippen LogP contribution in [0.3, 0.4) is 0 Å². The van der Waals surface area contributed by atoms with Crippen molar-refractivity contribution in [1.29, 1.82) is 0 Å². The quantitative estimate of drug-likeness (QED) is 0.716. The Labute approximate surface area is 177 Å². The lowest BCUT2D eigenvalue weighted by molar-refractivity contribution is -0.106. The molecule has 0 unspecified atom stereocenters. The Balaban J connectivity index is 1.65. The zero-order chi connectivity index (χ0) is 21.2. The van der Waals surface area contributed by atoms with Crippen LogP contribution < -0.4 is 10.6 Å². The topological polar surface area (TPSA) is 111 Å². The number of aliphatic imine (C=N–C) groups is 4. The number of hydrogen-bond donors (Lipinski definition) is 2. The molecule has 9 nitrogen and oxygen atoms in total. The van der Waals surface area contributed by atoms with E-state index in [0.29, 0.717) is 47.5 Å². The maximum absolute atomic E-state index is 11.0. The molecule has 9 heteroatoms. The molecular formula is C22H15N7O2. The van der Waals surface area contributed by atoms with Gasteiger partial charge in [-0.15, -0.1) is 0 Å². The van der Waals surface area contributed by atoms with Gasteiger partial charge in [0.25, 0.3) is 0 Å². The number of nitrogens with one attached hydrogen (secondary N) is 2. The van der Waals surface area contributed by atoms with Crippen LogP contribution >= 0.6 is 0 Å². The van der Waals surface area contributed by atoms with Gasteiger partial charge in [-0.3, -0.25) is 9.59 Å². The second kappa shape index (κ2) is 7.64. The molecule has 3 heterocycles. The van der Waals surface area contributed by atoms with Crippen LogP contribution in [0.5, 0.6) is 0 Å². The van der Waals surface area contributed by atoms with Gasteiger partial charge in [0.2, 0.25) is 24.7 Å². The van der Waals surface area contributed by atoms with Crippen LogP contribution in [0.2, 0.25) is 0 Å². The molecule has 5 rings (SSSR count). The lowest BCUT2D eigenvalue weighted by atomic mass is 10.0. The maximum atomic E-state index is 11.0. The van der Waals surface area contributed by atoms with Crippen LogP contribution in [0.4, 0.5) is 11.4 Å². The summed E-state index contributed by atoms with van der Waals surface area (Å²) in [4.78, 5) is 41.7. The van der Waals surface area contributed by atoms with Gasteiger partial charge in [0.1, 0.15) is 6.34 Å². The minimum Gasteiger partial charge on any atom is -0.328 e. The van der Waals surface area contributed by atoms with E-state index in [4.69, 9.17) is 0 Å². The van der Waals surface area contributed by atoms with Gasteiger partial charge in [-0.05, 0) is 24.3 Å². The van der Waals surface area contributed by atoms with Crippen LogP contribution in [-0.4, -0.2) is 41.7 Å². The maximum Gasteiger partial charge on any atom is 0.239 e. The van der Waals surface area contributed by atoms with Crippen LogP contribution in [0, 0.1) is 0 Å². The first-order valence-electron chi connectivity index (χ1n) is 9.39. The molecule has 0 spiro atoms. The molecular weight excluding hydrogens is 394 g/mol. The van der Waals surface area contributed by atoms with Crippen LogP contribution in [0.1, 0.15) is 11.1 Å². The Bertz CT molecular complexity index is 1230. The normalized spacial score (nSPS) is 16.1. The molecule has 0 aliphatic carbocycles. The van der Waals surface area contributed by atoms with Crippen molar-refractivity contribution in [3.63, 3.8) is 0 Å². The number of guanidine groups is 2. The standard InChI is InChI=1S/C22H15N7O2/c30-12-25-17-7-3-1-5-15(17)19-9-14-10-20(16-6-2-4-8-18(16)26-13-31)28-22-24-11-23-21(27-19)29(14)22/h1-13H,(H,25,30)(H,26,31). The lowest BCUT2D eigenvalue weighted by Crippen LogP contribution is -2.40. The molecule has 0 atom stereocenters. The van der Waals surface area contributed by atoms with Crippen molar-refractivity contribution in [1.82, 2.24) is 4.90 Å². The summed E-state index contributed by atoms with van der Waals surface area (Å²) < 4.78 is 0. The lowest BCUT2D eigenvalue weighted by Gasteiger charge is -2.32. The summed E-state index contributed by atoms with van der Waals surface area (Å²) in [6.07, 6.45) is 6.44. The Morgan fingerprint density at radius 2 is 1.45 bits per heavy atom. The van der Waals surface area contributed by atoms with Gasteiger partial charge in [-0.2, -0.15) is 0 Å². The van der Waals surface area contributed by atoms with Gasteiger partial charge >= 0.3 is 0 Å². The molecule has 0 saturated heterocycles. The Hall–Kier alpha value is -4.66. The van der Waals surface area contributed by atoms with Crippen LogP contribution in [-0.2, 0) is 9.59 Å². The summed E-state index contributed by atoms with van der Waals surface area (Å²) >= 11 is 0. The number of para-hydroxylation sites is 2. The van der Waals surface area contributed by atoms with E-state index in [1.165, 1.54) is 6.34 Å². The van der Waals surface area contributed by atoms with Gasteiger partial charge in [0, 0.05) is 22.5 Å². The third-order valence-electron chi connectivity index (χ3n) is 4.85. The highest BCUT2D eigenvalue weighted by Gasteiger charge is 2.31. The number of anilines is 2. The van der Waals surface area contributed by atoms with Gasteiger partial charge in [-0.25, -0.2) is 24.9 Å². The van der Waals surface area contributed by atoms with Crippen molar-refractivity contribution < 1.29 is 9.59 Å². The number of rotatable bonds is 6. The van der Waals surface area contributed by atoms with E-state index in [9.17, 15) is 9.59 Å². The van der Waals surface area contributed by atoms with E-state index in [1.807, 2.05) is 48.6 Å². The van der Waals surface area contributed by atoms with Crippen molar-refractivity contribution in [3.8, 4) is 0 Å². The Morgan fingerprint density at radius 1 is 0.774 bits per heavy atom. The highest BCUT2D eigenvalue weighted by molar-refractivity contribution is 6.24. The van der Waals surface area contributed by atoms with E-state index in [2.05, 4.69) is 30.6 Å². The van der Waals surface area contributed by atoms with Crippen molar-refractivity contribution in [2.24, 2.45) is 20.0 Å².